The molecule has 0 bridgehead atoms. The molecule has 0 aliphatic heterocycles. The van der Waals surface area contributed by atoms with E-state index in [2.05, 4.69) is 29.5 Å². The Kier molecular flexibility index (Phi) is 4.19. The van der Waals surface area contributed by atoms with Gasteiger partial charge in [-0.2, -0.15) is 10.4 Å². The predicted molar refractivity (Wildman–Crippen MR) is 75.7 cm³/mol. The number of hydrogen-bond donors (Lipinski definition) is 1. The molecule has 1 aromatic carbocycles. The van der Waals surface area contributed by atoms with Gasteiger partial charge in [-0.1, -0.05) is 19.1 Å². The third-order valence-corrected chi connectivity index (χ3v) is 3.10. The van der Waals surface area contributed by atoms with Crippen LogP contribution in [0.5, 0.6) is 0 Å². The van der Waals surface area contributed by atoms with E-state index in [1.165, 1.54) is 0 Å². The van der Waals surface area contributed by atoms with E-state index in [4.69, 9.17) is 5.26 Å². The van der Waals surface area contributed by atoms with Crippen LogP contribution in [0.1, 0.15) is 23.9 Å². The summed E-state index contributed by atoms with van der Waals surface area (Å²) < 4.78 is 1.91. The number of aryl methyl sites for hydroxylation is 2. The van der Waals surface area contributed by atoms with E-state index in [-0.39, 0.29) is 0 Å². The maximum Gasteiger partial charge on any atom is 0.0669 e. The zero-order chi connectivity index (χ0) is 13.7. The summed E-state index contributed by atoms with van der Waals surface area (Å²) in [4.78, 5) is 0. The minimum Gasteiger partial charge on any atom is -0.379 e. The molecule has 0 radical (unpaired) electrons. The molecule has 0 saturated heterocycles. The van der Waals surface area contributed by atoms with Gasteiger partial charge < -0.3 is 5.32 Å². The maximum atomic E-state index is 8.62. The fraction of sp³-hybridized carbons (Fsp3) is 0.333. The number of benzene rings is 1. The molecule has 4 nitrogen and oxygen atoms in total. The van der Waals surface area contributed by atoms with Gasteiger partial charge in [-0.3, -0.25) is 4.68 Å². The largest absolute Gasteiger partial charge is 0.379 e. The lowest BCUT2D eigenvalue weighted by molar-refractivity contribution is 0.707. The second-order valence-electron chi connectivity index (χ2n) is 4.49. The highest BCUT2D eigenvalue weighted by Crippen LogP contribution is 2.12. The van der Waals surface area contributed by atoms with Gasteiger partial charge >= 0.3 is 0 Å². The first-order valence-corrected chi connectivity index (χ1v) is 6.44. The van der Waals surface area contributed by atoms with Crippen molar-refractivity contribution in [2.75, 3.05) is 5.32 Å². The molecular formula is C15H18N4. The molecule has 2 aromatic rings. The van der Waals surface area contributed by atoms with Crippen molar-refractivity contribution in [1.82, 2.24) is 9.78 Å². The van der Waals surface area contributed by atoms with Gasteiger partial charge in [-0.05, 0) is 30.2 Å². The Morgan fingerprint density at radius 3 is 2.63 bits per heavy atom. The quantitative estimate of drug-likeness (QED) is 0.892. The molecule has 0 saturated carbocycles. The van der Waals surface area contributed by atoms with Crippen molar-refractivity contribution < 1.29 is 0 Å². The summed E-state index contributed by atoms with van der Waals surface area (Å²) in [6.45, 7) is 2.86. The highest BCUT2D eigenvalue weighted by atomic mass is 15.3. The average molecular weight is 254 g/mol. The number of hydrogen-bond acceptors (Lipinski definition) is 3. The van der Waals surface area contributed by atoms with E-state index in [0.717, 1.165) is 35.6 Å². The molecule has 2 rings (SSSR count). The van der Waals surface area contributed by atoms with Crippen LogP contribution < -0.4 is 5.32 Å². The van der Waals surface area contributed by atoms with Crippen LogP contribution in [-0.4, -0.2) is 9.78 Å². The number of aromatic nitrogens is 2. The number of nitrogens with zero attached hydrogens (tertiary/aromatic N) is 3. The van der Waals surface area contributed by atoms with E-state index >= 15 is 0 Å². The molecule has 19 heavy (non-hydrogen) atoms. The smallest absolute Gasteiger partial charge is 0.0669 e. The highest BCUT2D eigenvalue weighted by molar-refractivity contribution is 5.45. The number of rotatable bonds is 5. The van der Waals surface area contributed by atoms with E-state index in [1.807, 2.05) is 36.0 Å². The molecule has 0 aliphatic rings. The molecule has 4 heteroatoms. The Hall–Kier alpha value is -2.28. The number of nitrogens with one attached hydrogen (secondary N) is 1. The standard InChI is InChI=1S/C15H18N4/c1-3-13-10-15(19(2)18-13)11-17-14-6-4-12(5-7-14)8-9-16/h4-7,10,17H,3,8,11H2,1-2H3. The molecule has 0 aliphatic carbocycles. The summed E-state index contributed by atoms with van der Waals surface area (Å²) in [6.07, 6.45) is 1.42. The fourth-order valence-corrected chi connectivity index (χ4v) is 1.93. The lowest BCUT2D eigenvalue weighted by atomic mass is 10.1. The van der Waals surface area contributed by atoms with Gasteiger partial charge in [0.1, 0.15) is 0 Å². The lowest BCUT2D eigenvalue weighted by Crippen LogP contribution is -2.05. The van der Waals surface area contributed by atoms with Crippen LogP contribution in [0.3, 0.4) is 0 Å². The molecule has 1 heterocycles. The minimum absolute atomic E-state index is 0.460. The molecule has 0 amide bonds. The SMILES string of the molecule is CCc1cc(CNc2ccc(CC#N)cc2)n(C)n1. The van der Waals surface area contributed by atoms with E-state index in [9.17, 15) is 0 Å². The van der Waals surface area contributed by atoms with Crippen molar-refractivity contribution in [2.24, 2.45) is 7.05 Å². The van der Waals surface area contributed by atoms with Gasteiger partial charge in [-0.15, -0.1) is 0 Å². The molecule has 1 aromatic heterocycles. The first-order valence-electron chi connectivity index (χ1n) is 6.44. The summed E-state index contributed by atoms with van der Waals surface area (Å²) in [7, 11) is 1.96. The van der Waals surface area contributed by atoms with Crippen molar-refractivity contribution >= 4 is 5.69 Å². The van der Waals surface area contributed by atoms with Crippen LogP contribution in [0.4, 0.5) is 5.69 Å². The fourth-order valence-electron chi connectivity index (χ4n) is 1.93. The van der Waals surface area contributed by atoms with Crippen LogP contribution in [0.15, 0.2) is 30.3 Å². The molecule has 0 unspecified atom stereocenters. The van der Waals surface area contributed by atoms with Crippen LogP contribution in [0, 0.1) is 11.3 Å². The van der Waals surface area contributed by atoms with Gasteiger partial charge in [0.05, 0.1) is 30.4 Å². The summed E-state index contributed by atoms with van der Waals surface area (Å²) in [5, 5.41) is 16.4. The Balaban J connectivity index is 1.98. The van der Waals surface area contributed by atoms with Crippen molar-refractivity contribution in [3.63, 3.8) is 0 Å². The first-order chi connectivity index (χ1) is 9.22. The maximum absolute atomic E-state index is 8.62. The third-order valence-electron chi connectivity index (χ3n) is 3.10. The average Bonchev–Trinajstić information content (AvgIpc) is 2.79. The normalized spacial score (nSPS) is 10.2. The topological polar surface area (TPSA) is 53.6 Å². The monoisotopic (exact) mass is 254 g/mol. The van der Waals surface area contributed by atoms with Crippen molar-refractivity contribution in [3.05, 3.63) is 47.3 Å². The molecule has 1 N–H and O–H groups in total. The third kappa shape index (κ3) is 3.35. The summed E-state index contributed by atoms with van der Waals surface area (Å²) >= 11 is 0. The molecule has 98 valence electrons. The van der Waals surface area contributed by atoms with Crippen molar-refractivity contribution in [1.29, 1.82) is 5.26 Å². The van der Waals surface area contributed by atoms with Gasteiger partial charge in [0.25, 0.3) is 0 Å². The lowest BCUT2D eigenvalue weighted by Gasteiger charge is -2.07. The van der Waals surface area contributed by atoms with Crippen molar-refractivity contribution in [3.8, 4) is 6.07 Å². The Labute approximate surface area is 113 Å². The van der Waals surface area contributed by atoms with Gasteiger partial charge in [-0.25, -0.2) is 0 Å². The van der Waals surface area contributed by atoms with Crippen molar-refractivity contribution in [2.45, 2.75) is 26.3 Å². The van der Waals surface area contributed by atoms with Crippen LogP contribution in [0.25, 0.3) is 0 Å². The van der Waals surface area contributed by atoms with E-state index < -0.39 is 0 Å². The highest BCUT2D eigenvalue weighted by Gasteiger charge is 2.03. The molecular weight excluding hydrogens is 236 g/mol. The van der Waals surface area contributed by atoms with E-state index in [1.54, 1.807) is 0 Å². The zero-order valence-corrected chi connectivity index (χ0v) is 11.3. The van der Waals surface area contributed by atoms with E-state index in [0.29, 0.717) is 6.42 Å². The predicted octanol–water partition coefficient (Wildman–Crippen LogP) is 2.66. The number of anilines is 1. The van der Waals surface area contributed by atoms with Gasteiger partial charge in [0.2, 0.25) is 0 Å². The Bertz CT molecular complexity index is 575. The summed E-state index contributed by atoms with van der Waals surface area (Å²) in [5.41, 5.74) is 4.38. The summed E-state index contributed by atoms with van der Waals surface area (Å²) in [5.74, 6) is 0. The minimum atomic E-state index is 0.460. The van der Waals surface area contributed by atoms with Crippen LogP contribution in [0.2, 0.25) is 0 Å². The van der Waals surface area contributed by atoms with Gasteiger partial charge in [0, 0.05) is 12.7 Å². The van der Waals surface area contributed by atoms with Gasteiger partial charge in [0.15, 0.2) is 0 Å². The molecule has 0 spiro atoms. The summed E-state index contributed by atoms with van der Waals surface area (Å²) in [6, 6.07) is 12.2. The first kappa shape index (κ1) is 13.2. The Morgan fingerprint density at radius 1 is 1.32 bits per heavy atom. The van der Waals surface area contributed by atoms with Crippen LogP contribution in [-0.2, 0) is 26.4 Å². The molecule has 0 atom stereocenters. The van der Waals surface area contributed by atoms with Crippen LogP contribution >= 0.6 is 0 Å². The second-order valence-corrected chi connectivity index (χ2v) is 4.49. The Morgan fingerprint density at radius 2 is 2.05 bits per heavy atom. The molecule has 0 fully saturated rings. The number of nitriles is 1. The zero-order valence-electron chi connectivity index (χ0n) is 11.3. The second kappa shape index (κ2) is 6.05.